The van der Waals surface area contributed by atoms with E-state index in [1.807, 2.05) is 0 Å². The second-order valence-corrected chi connectivity index (χ2v) is 24.3. The van der Waals surface area contributed by atoms with Crippen LogP contribution in [0.5, 0.6) is 0 Å². The lowest BCUT2D eigenvalue weighted by atomic mass is 9.33. The van der Waals surface area contributed by atoms with E-state index in [0.29, 0.717) is 0 Å². The maximum Gasteiger partial charge on any atom is 0.252 e. The van der Waals surface area contributed by atoms with Crippen LogP contribution in [0.1, 0.15) is 104 Å². The van der Waals surface area contributed by atoms with Crippen molar-refractivity contribution in [2.24, 2.45) is 0 Å². The fourth-order valence-electron chi connectivity index (χ4n) is 12.1. The molecule has 9 aromatic rings. The zero-order valence-electron chi connectivity index (χ0n) is 44.5. The number of anilines is 9. The van der Waals surface area contributed by atoms with Crippen LogP contribution < -0.4 is 31.1 Å². The van der Waals surface area contributed by atoms with Crippen LogP contribution in [0.25, 0.3) is 22.3 Å². The van der Waals surface area contributed by atoms with Gasteiger partial charge in [0.25, 0.3) is 6.71 Å². The molecule has 0 saturated carbocycles. The molecule has 12 rings (SSSR count). The Labute approximate surface area is 434 Å². The molecule has 0 atom stereocenters. The van der Waals surface area contributed by atoms with Gasteiger partial charge in [-0.15, -0.1) is 0 Å². The molecule has 0 aromatic heterocycles. The van der Waals surface area contributed by atoms with Crippen molar-refractivity contribution in [1.82, 2.24) is 0 Å². The number of para-hydroxylation sites is 2. The van der Waals surface area contributed by atoms with Crippen LogP contribution in [0.15, 0.2) is 200 Å². The number of hydrogen-bond donors (Lipinski definition) is 0. The summed E-state index contributed by atoms with van der Waals surface area (Å²) in [5, 5.41) is 0. The monoisotopic (exact) mass is 948 g/mol. The summed E-state index contributed by atoms with van der Waals surface area (Å²) in [6.45, 7) is 25.8. The molecular formula is C69H66BN3. The Bertz CT molecular complexity index is 3610. The smallest absolute Gasteiger partial charge is 0.252 e. The van der Waals surface area contributed by atoms with Crippen molar-refractivity contribution in [3.8, 4) is 22.3 Å². The predicted molar refractivity (Wildman–Crippen MR) is 314 cm³/mol. The van der Waals surface area contributed by atoms with E-state index in [0.717, 1.165) is 22.7 Å². The predicted octanol–water partition coefficient (Wildman–Crippen LogP) is 17.1. The third-order valence-electron chi connectivity index (χ3n) is 16.1. The molecule has 2 aliphatic heterocycles. The van der Waals surface area contributed by atoms with Crippen molar-refractivity contribution in [1.29, 1.82) is 0 Å². The largest absolute Gasteiger partial charge is 0.311 e. The molecule has 0 unspecified atom stereocenters. The Morgan fingerprint density at radius 3 is 1.62 bits per heavy atom. The Morgan fingerprint density at radius 2 is 0.945 bits per heavy atom. The molecule has 0 fully saturated rings. The molecule has 0 radical (unpaired) electrons. The van der Waals surface area contributed by atoms with Gasteiger partial charge in [-0.25, -0.2) is 0 Å². The van der Waals surface area contributed by atoms with E-state index in [9.17, 15) is 0 Å². The summed E-state index contributed by atoms with van der Waals surface area (Å²) in [5.41, 5.74) is 25.9. The van der Waals surface area contributed by atoms with Crippen molar-refractivity contribution in [2.75, 3.05) is 14.7 Å². The molecule has 73 heavy (non-hydrogen) atoms. The number of hydrogen-bond acceptors (Lipinski definition) is 3. The van der Waals surface area contributed by atoms with E-state index in [2.05, 4.69) is 291 Å². The van der Waals surface area contributed by atoms with Crippen molar-refractivity contribution >= 4 is 74.3 Å². The SMILES string of the molecule is CC(C)(C)c1ccc(N2c3cc(N(c4ccccc4)c4ccccc4-c4ccccc4)ccc3B3c4cc(C(C)(C)C)ccc4N(c4ccc5c(c4)-c4ccccc4C5(C)C)c4cc(C(C)(C)C)cc2c43)cc1. The minimum atomic E-state index is -0.154. The quantitative estimate of drug-likeness (QED) is 0.154. The maximum absolute atomic E-state index is 2.61. The summed E-state index contributed by atoms with van der Waals surface area (Å²) in [7, 11) is 0. The van der Waals surface area contributed by atoms with Crippen LogP contribution in [-0.4, -0.2) is 6.71 Å². The number of benzene rings is 9. The molecule has 9 aromatic carbocycles. The zero-order chi connectivity index (χ0) is 50.8. The van der Waals surface area contributed by atoms with Gasteiger partial charge in [0.05, 0.1) is 5.69 Å². The van der Waals surface area contributed by atoms with E-state index in [4.69, 9.17) is 0 Å². The van der Waals surface area contributed by atoms with Gasteiger partial charge in [-0.3, -0.25) is 0 Å². The molecule has 2 heterocycles. The second kappa shape index (κ2) is 16.8. The van der Waals surface area contributed by atoms with Gasteiger partial charge < -0.3 is 14.7 Å². The summed E-state index contributed by atoms with van der Waals surface area (Å²) in [6.07, 6.45) is 0. The fourth-order valence-corrected chi connectivity index (χ4v) is 12.1. The third kappa shape index (κ3) is 7.63. The lowest BCUT2D eigenvalue weighted by molar-refractivity contribution is 0.590. The Balaban J connectivity index is 1.16. The van der Waals surface area contributed by atoms with Gasteiger partial charge in [-0.05, 0) is 150 Å². The molecule has 3 aliphatic rings. The molecule has 0 saturated heterocycles. The normalized spacial score (nSPS) is 14.3. The lowest BCUT2D eigenvalue weighted by Crippen LogP contribution is -2.61. The number of fused-ring (bicyclic) bond motifs is 7. The number of nitrogens with zero attached hydrogens (tertiary/aromatic N) is 3. The zero-order valence-corrected chi connectivity index (χ0v) is 44.5. The summed E-state index contributed by atoms with van der Waals surface area (Å²) < 4.78 is 0. The van der Waals surface area contributed by atoms with Crippen LogP contribution in [0, 0.1) is 0 Å². The van der Waals surface area contributed by atoms with Crippen LogP contribution in [-0.2, 0) is 21.7 Å². The van der Waals surface area contributed by atoms with Gasteiger partial charge in [0, 0.05) is 56.5 Å². The molecule has 0 spiro atoms. The molecule has 4 heteroatoms. The van der Waals surface area contributed by atoms with Gasteiger partial charge >= 0.3 is 0 Å². The van der Waals surface area contributed by atoms with Gasteiger partial charge in [0.1, 0.15) is 0 Å². The highest BCUT2D eigenvalue weighted by atomic mass is 15.2. The Kier molecular flexibility index (Phi) is 10.7. The van der Waals surface area contributed by atoms with Crippen LogP contribution in [0.3, 0.4) is 0 Å². The first-order chi connectivity index (χ1) is 34.9. The van der Waals surface area contributed by atoms with E-state index < -0.39 is 0 Å². The first-order valence-corrected chi connectivity index (χ1v) is 26.3. The minimum absolute atomic E-state index is 0.00477. The molecular weight excluding hydrogens is 882 g/mol. The van der Waals surface area contributed by atoms with Crippen LogP contribution >= 0.6 is 0 Å². The van der Waals surface area contributed by atoms with Crippen LogP contribution in [0.4, 0.5) is 51.2 Å². The van der Waals surface area contributed by atoms with E-state index in [1.165, 1.54) is 94.9 Å². The highest BCUT2D eigenvalue weighted by Crippen LogP contribution is 2.53. The first kappa shape index (κ1) is 46.5. The maximum atomic E-state index is 2.61. The summed E-state index contributed by atoms with van der Waals surface area (Å²) in [6, 6.07) is 76.0. The third-order valence-corrected chi connectivity index (χ3v) is 16.1. The van der Waals surface area contributed by atoms with Crippen LogP contribution in [0.2, 0.25) is 0 Å². The van der Waals surface area contributed by atoms with Gasteiger partial charge in [0.15, 0.2) is 0 Å². The highest BCUT2D eigenvalue weighted by Gasteiger charge is 2.45. The highest BCUT2D eigenvalue weighted by molar-refractivity contribution is 7.00. The van der Waals surface area contributed by atoms with E-state index >= 15 is 0 Å². The molecule has 3 nitrogen and oxygen atoms in total. The Morgan fingerprint density at radius 1 is 0.384 bits per heavy atom. The van der Waals surface area contributed by atoms with E-state index in [-0.39, 0.29) is 28.4 Å². The fraction of sp³-hybridized carbons (Fsp3) is 0.217. The van der Waals surface area contributed by atoms with Gasteiger partial charge in [-0.2, -0.15) is 0 Å². The molecule has 360 valence electrons. The van der Waals surface area contributed by atoms with Gasteiger partial charge in [-0.1, -0.05) is 204 Å². The van der Waals surface area contributed by atoms with Gasteiger partial charge in [0.2, 0.25) is 0 Å². The van der Waals surface area contributed by atoms with E-state index in [1.54, 1.807) is 0 Å². The summed E-state index contributed by atoms with van der Waals surface area (Å²) >= 11 is 0. The molecule has 0 bridgehead atoms. The van der Waals surface area contributed by atoms with Crippen molar-refractivity contribution in [2.45, 2.75) is 97.8 Å². The first-order valence-electron chi connectivity index (χ1n) is 26.3. The summed E-state index contributed by atoms with van der Waals surface area (Å²) in [5.74, 6) is 0. The average molecular weight is 948 g/mol. The van der Waals surface area contributed by atoms with Crippen molar-refractivity contribution in [3.63, 3.8) is 0 Å². The Hall–Kier alpha value is -7.56. The lowest BCUT2D eigenvalue weighted by Gasteiger charge is -2.46. The topological polar surface area (TPSA) is 9.72 Å². The minimum Gasteiger partial charge on any atom is -0.311 e. The average Bonchev–Trinajstić information content (AvgIpc) is 3.61. The molecule has 1 aliphatic carbocycles. The molecule has 0 amide bonds. The summed E-state index contributed by atoms with van der Waals surface area (Å²) in [4.78, 5) is 7.66. The van der Waals surface area contributed by atoms with Crippen molar-refractivity contribution in [3.05, 3.63) is 228 Å². The molecule has 0 N–H and O–H groups in total. The standard InChI is InChI=1S/C69H66BN3/c1-66(2,3)46-30-33-50(34-31-46)72-62-44-52(71(49-24-16-13-17-25-49)60-29-21-19-26-53(60)45-22-14-12-15-23-45)36-38-58(62)70-59-40-47(67(4,5)6)32-39-61(59)73(64-42-48(68(7,8)9)41-63(72)65(64)70)51-35-37-57-55(43-51)54-27-18-20-28-56(54)69(57,10)11/h12-44H,1-11H3. The van der Waals surface area contributed by atoms with Crippen molar-refractivity contribution < 1.29 is 0 Å². The number of rotatable bonds is 6. The second-order valence-electron chi connectivity index (χ2n) is 24.3.